The highest BCUT2D eigenvalue weighted by atomic mass is 79.9. The molecule has 0 radical (unpaired) electrons. The Morgan fingerprint density at radius 1 is 1.47 bits per heavy atom. The SMILES string of the molecule is CC(Oc1ccc(F)c(Br)c1)C(=O)N1CCOCC1. The third-order valence-electron chi connectivity index (χ3n) is 2.87. The molecule has 0 aliphatic carbocycles. The minimum atomic E-state index is -0.601. The maximum absolute atomic E-state index is 13.1. The average Bonchev–Trinajstić information content (AvgIpc) is 2.43. The molecule has 1 unspecified atom stereocenters. The fraction of sp³-hybridized carbons (Fsp3) is 0.462. The van der Waals surface area contributed by atoms with Gasteiger partial charge in [0.1, 0.15) is 11.6 Å². The summed E-state index contributed by atoms with van der Waals surface area (Å²) in [6.07, 6.45) is -0.601. The Balaban J connectivity index is 1.97. The fourth-order valence-corrected chi connectivity index (χ4v) is 2.20. The number of ether oxygens (including phenoxy) is 2. The number of carbonyl (C=O) groups excluding carboxylic acids is 1. The van der Waals surface area contributed by atoms with Gasteiger partial charge >= 0.3 is 0 Å². The third kappa shape index (κ3) is 3.67. The van der Waals surface area contributed by atoms with Crippen LogP contribution in [0.3, 0.4) is 0 Å². The van der Waals surface area contributed by atoms with Crippen molar-refractivity contribution in [2.45, 2.75) is 13.0 Å². The Morgan fingerprint density at radius 3 is 2.79 bits per heavy atom. The van der Waals surface area contributed by atoms with Crippen molar-refractivity contribution in [3.63, 3.8) is 0 Å². The van der Waals surface area contributed by atoms with Crippen LogP contribution >= 0.6 is 15.9 Å². The second-order valence-corrected chi connectivity index (χ2v) is 5.13. The number of benzene rings is 1. The lowest BCUT2D eigenvalue weighted by Gasteiger charge is -2.29. The van der Waals surface area contributed by atoms with Crippen molar-refractivity contribution in [3.8, 4) is 5.75 Å². The minimum Gasteiger partial charge on any atom is -0.481 e. The van der Waals surface area contributed by atoms with Crippen LogP contribution in [0.15, 0.2) is 22.7 Å². The molecule has 6 heteroatoms. The molecule has 0 saturated carbocycles. The maximum atomic E-state index is 13.1. The third-order valence-corrected chi connectivity index (χ3v) is 3.48. The summed E-state index contributed by atoms with van der Waals surface area (Å²) in [5.41, 5.74) is 0. The summed E-state index contributed by atoms with van der Waals surface area (Å²) in [6, 6.07) is 4.31. The number of halogens is 2. The lowest BCUT2D eigenvalue weighted by Crippen LogP contribution is -2.46. The molecule has 0 bridgehead atoms. The standard InChI is InChI=1S/C13H15BrFNO3/c1-9(13(17)16-4-6-18-7-5-16)19-10-2-3-12(15)11(14)8-10/h2-3,8-9H,4-7H2,1H3. The average molecular weight is 332 g/mol. The van der Waals surface area contributed by atoms with Gasteiger partial charge < -0.3 is 14.4 Å². The Labute approximate surface area is 119 Å². The number of morpholine rings is 1. The summed E-state index contributed by atoms with van der Waals surface area (Å²) in [5.74, 6) is 0.0191. The Hall–Kier alpha value is -1.14. The molecule has 1 heterocycles. The van der Waals surface area contributed by atoms with Crippen molar-refractivity contribution in [2.24, 2.45) is 0 Å². The highest BCUT2D eigenvalue weighted by Gasteiger charge is 2.23. The van der Waals surface area contributed by atoms with E-state index in [1.807, 2.05) is 0 Å². The highest BCUT2D eigenvalue weighted by molar-refractivity contribution is 9.10. The summed E-state index contributed by atoms with van der Waals surface area (Å²) in [5, 5.41) is 0. The lowest BCUT2D eigenvalue weighted by atomic mass is 10.3. The largest absolute Gasteiger partial charge is 0.481 e. The van der Waals surface area contributed by atoms with Crippen molar-refractivity contribution in [3.05, 3.63) is 28.5 Å². The van der Waals surface area contributed by atoms with E-state index in [2.05, 4.69) is 15.9 Å². The van der Waals surface area contributed by atoms with E-state index < -0.39 is 6.10 Å². The van der Waals surface area contributed by atoms with Gasteiger partial charge in [0, 0.05) is 13.1 Å². The van der Waals surface area contributed by atoms with E-state index in [1.54, 1.807) is 11.8 Å². The second kappa shape index (κ2) is 6.34. The molecule has 1 amide bonds. The van der Waals surface area contributed by atoms with Crippen LogP contribution in [-0.4, -0.2) is 43.2 Å². The van der Waals surface area contributed by atoms with E-state index in [0.29, 0.717) is 36.5 Å². The molecule has 1 aliphatic heterocycles. The fourth-order valence-electron chi connectivity index (χ4n) is 1.85. The van der Waals surface area contributed by atoms with Gasteiger partial charge in [0.2, 0.25) is 0 Å². The Bertz CT molecular complexity index is 463. The summed E-state index contributed by atoms with van der Waals surface area (Å²) in [4.78, 5) is 13.8. The van der Waals surface area contributed by atoms with Crippen LogP contribution in [0.5, 0.6) is 5.75 Å². The van der Waals surface area contributed by atoms with Crippen molar-refractivity contribution in [1.29, 1.82) is 0 Å². The van der Waals surface area contributed by atoms with Gasteiger partial charge in [-0.1, -0.05) is 0 Å². The molecular weight excluding hydrogens is 317 g/mol. The number of hydrogen-bond donors (Lipinski definition) is 0. The van der Waals surface area contributed by atoms with Crippen molar-refractivity contribution >= 4 is 21.8 Å². The highest BCUT2D eigenvalue weighted by Crippen LogP contribution is 2.22. The van der Waals surface area contributed by atoms with Gasteiger partial charge in [0.25, 0.3) is 5.91 Å². The first kappa shape index (κ1) is 14.3. The maximum Gasteiger partial charge on any atom is 0.263 e. The molecule has 0 spiro atoms. The normalized spacial score (nSPS) is 17.1. The first-order valence-corrected chi connectivity index (χ1v) is 6.85. The predicted molar refractivity (Wildman–Crippen MR) is 71.6 cm³/mol. The van der Waals surface area contributed by atoms with Crippen molar-refractivity contribution < 1.29 is 18.7 Å². The summed E-state index contributed by atoms with van der Waals surface area (Å²) >= 11 is 3.08. The molecule has 1 saturated heterocycles. The zero-order valence-electron chi connectivity index (χ0n) is 10.6. The Morgan fingerprint density at radius 2 is 2.16 bits per heavy atom. The van der Waals surface area contributed by atoms with Crippen LogP contribution in [0.25, 0.3) is 0 Å². The van der Waals surface area contributed by atoms with Crippen LogP contribution in [0.1, 0.15) is 6.92 Å². The quantitative estimate of drug-likeness (QED) is 0.852. The molecule has 2 rings (SSSR count). The van der Waals surface area contributed by atoms with Crippen LogP contribution in [0.4, 0.5) is 4.39 Å². The van der Waals surface area contributed by atoms with Gasteiger partial charge in [0.15, 0.2) is 6.10 Å². The van der Waals surface area contributed by atoms with Gasteiger partial charge in [0.05, 0.1) is 17.7 Å². The van der Waals surface area contributed by atoms with E-state index in [9.17, 15) is 9.18 Å². The summed E-state index contributed by atoms with van der Waals surface area (Å²) < 4.78 is 24.1. The molecular formula is C13H15BrFNO3. The number of rotatable bonds is 3. The van der Waals surface area contributed by atoms with E-state index in [-0.39, 0.29) is 11.7 Å². The van der Waals surface area contributed by atoms with Crippen LogP contribution in [0.2, 0.25) is 0 Å². The molecule has 0 aromatic heterocycles. The van der Waals surface area contributed by atoms with Gasteiger partial charge in [-0.2, -0.15) is 0 Å². The van der Waals surface area contributed by atoms with Gasteiger partial charge in [-0.15, -0.1) is 0 Å². The molecule has 0 N–H and O–H groups in total. The summed E-state index contributed by atoms with van der Waals surface area (Å²) in [7, 11) is 0. The van der Waals surface area contributed by atoms with Gasteiger partial charge in [-0.25, -0.2) is 4.39 Å². The molecule has 19 heavy (non-hydrogen) atoms. The van der Waals surface area contributed by atoms with Crippen LogP contribution in [-0.2, 0) is 9.53 Å². The first-order valence-electron chi connectivity index (χ1n) is 6.06. The molecule has 1 aromatic carbocycles. The second-order valence-electron chi connectivity index (χ2n) is 4.27. The zero-order valence-corrected chi connectivity index (χ0v) is 12.2. The molecule has 1 atom stereocenters. The molecule has 1 aromatic rings. The zero-order chi connectivity index (χ0) is 13.8. The van der Waals surface area contributed by atoms with E-state index in [0.717, 1.165) is 0 Å². The topological polar surface area (TPSA) is 38.8 Å². The number of amides is 1. The Kier molecular flexibility index (Phi) is 4.76. The van der Waals surface area contributed by atoms with E-state index in [4.69, 9.17) is 9.47 Å². The smallest absolute Gasteiger partial charge is 0.263 e. The summed E-state index contributed by atoms with van der Waals surface area (Å²) in [6.45, 7) is 3.97. The van der Waals surface area contributed by atoms with Gasteiger partial charge in [-0.05, 0) is 41.1 Å². The monoisotopic (exact) mass is 331 g/mol. The van der Waals surface area contributed by atoms with Gasteiger partial charge in [-0.3, -0.25) is 4.79 Å². The van der Waals surface area contributed by atoms with Crippen molar-refractivity contribution in [2.75, 3.05) is 26.3 Å². The minimum absolute atomic E-state index is 0.0799. The first-order chi connectivity index (χ1) is 9.08. The molecule has 104 valence electrons. The van der Waals surface area contributed by atoms with E-state index >= 15 is 0 Å². The van der Waals surface area contributed by atoms with Crippen molar-refractivity contribution in [1.82, 2.24) is 4.90 Å². The molecule has 1 fully saturated rings. The number of carbonyl (C=O) groups is 1. The van der Waals surface area contributed by atoms with E-state index in [1.165, 1.54) is 18.2 Å². The molecule has 4 nitrogen and oxygen atoms in total. The van der Waals surface area contributed by atoms with Crippen LogP contribution in [0, 0.1) is 5.82 Å². The van der Waals surface area contributed by atoms with Crippen LogP contribution < -0.4 is 4.74 Å². The molecule has 1 aliphatic rings. The lowest BCUT2D eigenvalue weighted by molar-refractivity contribution is -0.142. The number of hydrogen-bond acceptors (Lipinski definition) is 3. The predicted octanol–water partition coefficient (Wildman–Crippen LogP) is 2.21. The number of nitrogens with zero attached hydrogens (tertiary/aromatic N) is 1.